The highest BCUT2D eigenvalue weighted by Gasteiger charge is 2.15. The number of nitro benzene ring substituents is 1. The maximum absolute atomic E-state index is 12.2. The quantitative estimate of drug-likeness (QED) is 0.276. The van der Waals surface area contributed by atoms with Crippen molar-refractivity contribution in [1.82, 2.24) is 5.43 Å². The lowest BCUT2D eigenvalue weighted by atomic mass is 10.1. The Morgan fingerprint density at radius 3 is 2.56 bits per heavy atom. The highest BCUT2D eigenvalue weighted by molar-refractivity contribution is 5.84. The molecule has 1 N–H and O–H groups in total. The second kappa shape index (κ2) is 11.8. The van der Waals surface area contributed by atoms with Gasteiger partial charge >= 0.3 is 0 Å². The Hall–Kier alpha value is -4.71. The van der Waals surface area contributed by atoms with Crippen molar-refractivity contribution in [3.8, 4) is 17.6 Å². The van der Waals surface area contributed by atoms with E-state index in [-0.39, 0.29) is 18.7 Å². The molecule has 34 heavy (non-hydrogen) atoms. The molecule has 0 aliphatic carbocycles. The minimum atomic E-state index is -0.524. The number of nitro groups is 1. The zero-order valence-corrected chi connectivity index (χ0v) is 18.4. The summed E-state index contributed by atoms with van der Waals surface area (Å²) in [4.78, 5) is 22.7. The highest BCUT2D eigenvalue weighted by Crippen LogP contribution is 2.29. The molecule has 0 heterocycles. The van der Waals surface area contributed by atoms with Gasteiger partial charge in [-0.15, -0.1) is 0 Å². The van der Waals surface area contributed by atoms with Gasteiger partial charge in [-0.05, 0) is 36.8 Å². The molecular weight excluding hydrogens is 436 g/mol. The molecule has 0 saturated heterocycles. The Morgan fingerprint density at radius 1 is 1.09 bits per heavy atom. The van der Waals surface area contributed by atoms with E-state index in [9.17, 15) is 20.2 Å². The number of hydrazone groups is 1. The molecule has 0 aromatic heterocycles. The second-order valence-corrected chi connectivity index (χ2v) is 7.05. The fraction of sp³-hybridized carbons (Fsp3) is 0.160. The number of ether oxygens (including phenoxy) is 2. The van der Waals surface area contributed by atoms with Gasteiger partial charge in [0, 0.05) is 17.2 Å². The zero-order chi connectivity index (χ0) is 24.3. The first-order chi connectivity index (χ1) is 16.5. The van der Waals surface area contributed by atoms with Gasteiger partial charge in [0.2, 0.25) is 5.91 Å². The number of benzene rings is 3. The fourth-order valence-corrected chi connectivity index (χ4v) is 3.13. The lowest BCUT2D eigenvalue weighted by Gasteiger charge is -2.13. The van der Waals surface area contributed by atoms with E-state index in [2.05, 4.69) is 16.6 Å². The number of carbonyl (C=O) groups is 1. The molecule has 172 valence electrons. The average molecular weight is 458 g/mol. The Balaban J connectivity index is 1.65. The molecule has 0 fully saturated rings. The van der Waals surface area contributed by atoms with Crippen molar-refractivity contribution in [2.75, 3.05) is 6.61 Å². The Morgan fingerprint density at radius 2 is 1.82 bits per heavy atom. The van der Waals surface area contributed by atoms with E-state index < -0.39 is 10.8 Å². The van der Waals surface area contributed by atoms with Crippen LogP contribution in [0.1, 0.15) is 29.2 Å². The number of amides is 1. The van der Waals surface area contributed by atoms with Gasteiger partial charge in [0.15, 0.2) is 11.5 Å². The van der Waals surface area contributed by atoms with E-state index in [1.807, 2.05) is 19.1 Å². The molecule has 9 heteroatoms. The van der Waals surface area contributed by atoms with Crippen molar-refractivity contribution in [2.24, 2.45) is 5.10 Å². The van der Waals surface area contributed by atoms with Gasteiger partial charge in [0.25, 0.3) is 5.69 Å². The predicted molar refractivity (Wildman–Crippen MR) is 126 cm³/mol. The lowest BCUT2D eigenvalue weighted by molar-refractivity contribution is -0.385. The van der Waals surface area contributed by atoms with Crippen molar-refractivity contribution in [1.29, 1.82) is 5.26 Å². The van der Waals surface area contributed by atoms with Crippen LogP contribution in [0.25, 0.3) is 0 Å². The van der Waals surface area contributed by atoms with Gasteiger partial charge in [-0.2, -0.15) is 10.4 Å². The second-order valence-electron chi connectivity index (χ2n) is 7.05. The number of rotatable bonds is 10. The molecule has 9 nitrogen and oxygen atoms in total. The van der Waals surface area contributed by atoms with E-state index in [0.29, 0.717) is 34.8 Å². The number of para-hydroxylation sites is 1. The van der Waals surface area contributed by atoms with Gasteiger partial charge in [-0.3, -0.25) is 14.9 Å². The van der Waals surface area contributed by atoms with E-state index in [1.54, 1.807) is 42.5 Å². The number of carbonyl (C=O) groups excluding carboxylic acids is 1. The minimum Gasteiger partial charge on any atom is -0.490 e. The van der Waals surface area contributed by atoms with E-state index in [4.69, 9.17) is 9.47 Å². The molecule has 0 aliphatic heterocycles. The maximum atomic E-state index is 12.2. The SMILES string of the molecule is CCOc1cc(C=NNC(=O)Cc2ccccc2[N+](=O)[O-])ccc1OCc1ccccc1C#N. The molecular formula is C25H22N4O5. The van der Waals surface area contributed by atoms with Crippen LogP contribution < -0.4 is 14.9 Å². The molecule has 3 aromatic rings. The summed E-state index contributed by atoms with van der Waals surface area (Å²) >= 11 is 0. The van der Waals surface area contributed by atoms with Crippen molar-refractivity contribution in [3.05, 3.63) is 99.1 Å². The summed E-state index contributed by atoms with van der Waals surface area (Å²) in [5.74, 6) is 0.519. The summed E-state index contributed by atoms with van der Waals surface area (Å²) < 4.78 is 11.5. The van der Waals surface area contributed by atoms with Gasteiger partial charge in [0.1, 0.15) is 6.61 Å². The monoisotopic (exact) mass is 458 g/mol. The van der Waals surface area contributed by atoms with Crippen LogP contribution in [-0.2, 0) is 17.8 Å². The number of nitrogens with one attached hydrogen (secondary N) is 1. The Labute approximate surface area is 196 Å². The normalized spacial score (nSPS) is 10.5. The van der Waals surface area contributed by atoms with Crippen LogP contribution in [-0.4, -0.2) is 23.7 Å². The minimum absolute atomic E-state index is 0.115. The number of nitrogens with zero attached hydrogens (tertiary/aromatic N) is 3. The summed E-state index contributed by atoms with van der Waals surface area (Å²) in [6, 6.07) is 20.6. The van der Waals surface area contributed by atoms with Gasteiger partial charge in [-0.25, -0.2) is 5.43 Å². The van der Waals surface area contributed by atoms with Crippen LogP contribution >= 0.6 is 0 Å². The van der Waals surface area contributed by atoms with Crippen LogP contribution in [0.2, 0.25) is 0 Å². The zero-order valence-electron chi connectivity index (χ0n) is 18.4. The largest absolute Gasteiger partial charge is 0.490 e. The van der Waals surface area contributed by atoms with Gasteiger partial charge < -0.3 is 9.47 Å². The topological polar surface area (TPSA) is 127 Å². The standard InChI is InChI=1S/C25H22N4O5/c1-2-33-24-13-18(11-12-23(24)34-17-21-9-4-3-8-20(21)15-26)16-27-28-25(30)14-19-7-5-6-10-22(19)29(31)32/h3-13,16H,2,14,17H2,1H3,(H,28,30). The Kier molecular flexibility index (Phi) is 8.30. The molecule has 0 saturated carbocycles. The molecule has 0 spiro atoms. The maximum Gasteiger partial charge on any atom is 0.273 e. The number of hydrogen-bond acceptors (Lipinski definition) is 7. The average Bonchev–Trinajstić information content (AvgIpc) is 2.84. The van der Waals surface area contributed by atoms with Crippen LogP contribution in [0.4, 0.5) is 5.69 Å². The number of hydrogen-bond donors (Lipinski definition) is 1. The van der Waals surface area contributed by atoms with Crippen LogP contribution in [0.5, 0.6) is 11.5 Å². The predicted octanol–water partition coefficient (Wildman–Crippen LogP) is 4.14. The summed E-state index contributed by atoms with van der Waals surface area (Å²) in [6.45, 7) is 2.47. The fourth-order valence-electron chi connectivity index (χ4n) is 3.13. The summed E-state index contributed by atoms with van der Waals surface area (Å²) in [5.41, 5.74) is 4.52. The van der Waals surface area contributed by atoms with Crippen molar-refractivity contribution in [3.63, 3.8) is 0 Å². The summed E-state index contributed by atoms with van der Waals surface area (Å²) in [5, 5.41) is 24.2. The third-order valence-electron chi connectivity index (χ3n) is 4.73. The number of nitriles is 1. The molecule has 0 radical (unpaired) electrons. The Bertz CT molecular complexity index is 1250. The van der Waals surface area contributed by atoms with Crippen LogP contribution in [0, 0.1) is 21.4 Å². The third kappa shape index (κ3) is 6.40. The van der Waals surface area contributed by atoms with Crippen molar-refractivity contribution < 1.29 is 19.2 Å². The third-order valence-corrected chi connectivity index (χ3v) is 4.73. The van der Waals surface area contributed by atoms with E-state index >= 15 is 0 Å². The van der Waals surface area contributed by atoms with E-state index in [0.717, 1.165) is 5.56 Å². The van der Waals surface area contributed by atoms with Crippen LogP contribution in [0.15, 0.2) is 71.8 Å². The van der Waals surface area contributed by atoms with Crippen LogP contribution in [0.3, 0.4) is 0 Å². The van der Waals surface area contributed by atoms with Crippen molar-refractivity contribution >= 4 is 17.8 Å². The molecule has 0 unspecified atom stereocenters. The summed E-state index contributed by atoms with van der Waals surface area (Å²) in [6.07, 6.45) is 1.27. The molecule has 3 rings (SSSR count). The van der Waals surface area contributed by atoms with Gasteiger partial charge in [0.05, 0.1) is 35.8 Å². The molecule has 3 aromatic carbocycles. The lowest BCUT2D eigenvalue weighted by Crippen LogP contribution is -2.20. The molecule has 0 aliphatic rings. The first-order valence-electron chi connectivity index (χ1n) is 10.4. The first kappa shape index (κ1) is 23.9. The molecule has 0 atom stereocenters. The highest BCUT2D eigenvalue weighted by atomic mass is 16.6. The van der Waals surface area contributed by atoms with Crippen molar-refractivity contribution in [2.45, 2.75) is 20.0 Å². The molecule has 1 amide bonds. The molecule has 0 bridgehead atoms. The van der Waals surface area contributed by atoms with Gasteiger partial charge in [-0.1, -0.05) is 36.4 Å². The summed E-state index contributed by atoms with van der Waals surface area (Å²) in [7, 11) is 0. The van der Waals surface area contributed by atoms with E-state index in [1.165, 1.54) is 18.3 Å². The smallest absolute Gasteiger partial charge is 0.273 e. The first-order valence-corrected chi connectivity index (χ1v) is 10.4.